The third-order valence-corrected chi connectivity index (χ3v) is 0. The van der Waals surface area contributed by atoms with Gasteiger partial charge in [0.1, 0.15) is 0 Å². The predicted octanol–water partition coefficient (Wildman–Crippen LogP) is -2.55. The molecule has 0 bridgehead atoms. The first-order valence-corrected chi connectivity index (χ1v) is 4.07. The van der Waals surface area contributed by atoms with Crippen LogP contribution in [0.4, 0.5) is 0 Å². The van der Waals surface area contributed by atoms with Gasteiger partial charge in [-0.3, -0.25) is 0 Å². The van der Waals surface area contributed by atoms with E-state index in [0.29, 0.717) is 0 Å². The Bertz CT molecular complexity index is 53.7. The summed E-state index contributed by atoms with van der Waals surface area (Å²) in [6.45, 7) is 0. The topological polar surface area (TPSA) is 77.8 Å². The maximum atomic E-state index is 8.94. The van der Waals surface area contributed by atoms with Gasteiger partial charge in [0.05, 0.1) is 0 Å². The summed E-state index contributed by atoms with van der Waals surface area (Å²) in [7, 11) is 0. The van der Waals surface area contributed by atoms with Crippen molar-refractivity contribution in [3.63, 3.8) is 0 Å². The molecule has 0 atom stereocenters. The summed E-state index contributed by atoms with van der Waals surface area (Å²) in [4.78, 5) is 0. The molecular weight excluding hydrogens is 162 g/mol. The SMILES string of the molecule is O=[As](O)(O)O.[Na]. The monoisotopic (exact) mass is 165 g/mol. The van der Waals surface area contributed by atoms with Crippen molar-refractivity contribution in [2.45, 2.75) is 0 Å². The molecule has 0 aromatic carbocycles. The predicted molar refractivity (Wildman–Crippen MR) is 18.9 cm³/mol. The molecule has 0 aliphatic carbocycles. The summed E-state index contributed by atoms with van der Waals surface area (Å²) in [6, 6.07) is 0. The summed E-state index contributed by atoms with van der Waals surface area (Å²) in [5, 5.41) is 0. The Morgan fingerprint density at radius 3 is 1.17 bits per heavy atom. The smallest absolute Gasteiger partial charge is 0 e. The van der Waals surface area contributed by atoms with E-state index in [4.69, 9.17) is 16.0 Å². The van der Waals surface area contributed by atoms with E-state index < -0.39 is 14.5 Å². The van der Waals surface area contributed by atoms with Crippen LogP contribution >= 0.6 is 0 Å². The molecule has 0 aliphatic rings. The van der Waals surface area contributed by atoms with Crippen molar-refractivity contribution in [3.05, 3.63) is 0 Å². The van der Waals surface area contributed by atoms with Gasteiger partial charge in [0.15, 0.2) is 0 Å². The second kappa shape index (κ2) is 3.27. The van der Waals surface area contributed by atoms with Crippen LogP contribution in [0.5, 0.6) is 0 Å². The van der Waals surface area contributed by atoms with Crippen LogP contribution in [0.15, 0.2) is 0 Å². The summed E-state index contributed by atoms with van der Waals surface area (Å²) < 4.78 is 30.7. The Morgan fingerprint density at radius 2 is 1.17 bits per heavy atom. The first kappa shape index (κ1) is 10.3. The van der Waals surface area contributed by atoms with Gasteiger partial charge < -0.3 is 0 Å². The van der Waals surface area contributed by atoms with E-state index in [-0.39, 0.29) is 29.6 Å². The Morgan fingerprint density at radius 1 is 1.17 bits per heavy atom. The van der Waals surface area contributed by atoms with Gasteiger partial charge in [-0.2, -0.15) is 0 Å². The third-order valence-electron chi connectivity index (χ3n) is 0. The Hall–Kier alpha value is 1.24. The molecule has 0 aromatic rings. The van der Waals surface area contributed by atoms with Crippen LogP contribution in [0.3, 0.4) is 0 Å². The van der Waals surface area contributed by atoms with Crippen molar-refractivity contribution in [1.29, 1.82) is 0 Å². The van der Waals surface area contributed by atoms with Crippen molar-refractivity contribution >= 4 is 44.1 Å². The van der Waals surface area contributed by atoms with E-state index in [1.807, 2.05) is 0 Å². The maximum absolute atomic E-state index is 8.94. The minimum absolute atomic E-state index is 0. The van der Waals surface area contributed by atoms with Crippen LogP contribution in [0.1, 0.15) is 0 Å². The minimum Gasteiger partial charge on any atom is 0 e. The van der Waals surface area contributed by atoms with Crippen molar-refractivity contribution in [2.24, 2.45) is 0 Å². The molecule has 0 heterocycles. The summed E-state index contributed by atoms with van der Waals surface area (Å²) >= 11 is -5.12. The van der Waals surface area contributed by atoms with Crippen molar-refractivity contribution in [2.75, 3.05) is 0 Å². The van der Waals surface area contributed by atoms with Crippen LogP contribution < -0.4 is 0 Å². The average molecular weight is 165 g/mol. The van der Waals surface area contributed by atoms with Gasteiger partial charge in [0.2, 0.25) is 0 Å². The van der Waals surface area contributed by atoms with Gasteiger partial charge in [-0.25, -0.2) is 0 Å². The van der Waals surface area contributed by atoms with Gasteiger partial charge in [-0.15, -0.1) is 0 Å². The number of hydrogen-bond acceptors (Lipinski definition) is 1. The van der Waals surface area contributed by atoms with Crippen molar-refractivity contribution in [3.8, 4) is 0 Å². The quantitative estimate of drug-likeness (QED) is 0.345. The van der Waals surface area contributed by atoms with Crippen molar-refractivity contribution < 1.29 is 16.0 Å². The van der Waals surface area contributed by atoms with E-state index >= 15 is 0 Å². The van der Waals surface area contributed by atoms with E-state index in [1.165, 1.54) is 0 Å². The molecule has 3 N–H and O–H groups in total. The molecule has 6 heteroatoms. The fraction of sp³-hybridized carbons (Fsp3) is 0. The Labute approximate surface area is 59.8 Å². The molecule has 6 heavy (non-hydrogen) atoms. The standard InChI is InChI=1S/AsH3O4.Na/c2-1(3,4)5;/h(H3,2,3,4,5);. The van der Waals surface area contributed by atoms with Crippen LogP contribution in [0.2, 0.25) is 0 Å². The van der Waals surface area contributed by atoms with E-state index in [2.05, 4.69) is 0 Å². The molecular formula is H3AsNaO4. The van der Waals surface area contributed by atoms with Crippen LogP contribution in [-0.4, -0.2) is 56.4 Å². The molecule has 4 nitrogen and oxygen atoms in total. The molecule has 0 aliphatic heterocycles. The molecule has 0 spiro atoms. The van der Waals surface area contributed by atoms with Crippen LogP contribution in [0.25, 0.3) is 0 Å². The molecule has 0 rings (SSSR count). The molecule has 33 valence electrons. The molecule has 0 saturated carbocycles. The maximum Gasteiger partial charge on any atom is 0 e. The molecule has 1 radical (unpaired) electrons. The summed E-state index contributed by atoms with van der Waals surface area (Å²) in [6.07, 6.45) is 0. The fourth-order valence-electron chi connectivity index (χ4n) is 0. The van der Waals surface area contributed by atoms with Gasteiger partial charge in [-0.05, 0) is 0 Å². The molecule has 0 aromatic heterocycles. The summed E-state index contributed by atoms with van der Waals surface area (Å²) in [5.41, 5.74) is 0. The Balaban J connectivity index is 0. The molecule has 0 unspecified atom stereocenters. The first-order valence-electron chi connectivity index (χ1n) is 0.783. The van der Waals surface area contributed by atoms with E-state index in [9.17, 15) is 0 Å². The number of hydrogen-bond donors (Lipinski definition) is 3. The fourth-order valence-corrected chi connectivity index (χ4v) is 0. The number of rotatable bonds is 0. The zero-order valence-electron chi connectivity index (χ0n) is 3.20. The second-order valence-electron chi connectivity index (χ2n) is 0.513. The van der Waals surface area contributed by atoms with Gasteiger partial charge >= 0.3 is 30.5 Å². The first-order chi connectivity index (χ1) is 2.00. The average Bonchev–Trinajstić information content (AvgIpc) is 0.722. The molecule has 0 fully saturated rings. The normalized spacial score (nSPS) is 9.83. The van der Waals surface area contributed by atoms with Crippen LogP contribution in [0, 0.1) is 0 Å². The minimum atomic E-state index is -5.12. The Kier molecular flexibility index (Phi) is 5.59. The molecule has 0 amide bonds. The molecule has 0 saturated heterocycles. The second-order valence-corrected chi connectivity index (χ2v) is 2.67. The van der Waals surface area contributed by atoms with Gasteiger partial charge in [0.25, 0.3) is 0 Å². The van der Waals surface area contributed by atoms with Crippen LogP contribution in [-0.2, 0) is 3.74 Å². The van der Waals surface area contributed by atoms with E-state index in [0.717, 1.165) is 0 Å². The van der Waals surface area contributed by atoms with Gasteiger partial charge in [-0.1, -0.05) is 0 Å². The van der Waals surface area contributed by atoms with Crippen molar-refractivity contribution in [1.82, 2.24) is 0 Å². The third kappa shape index (κ3) is 61.4. The summed E-state index contributed by atoms with van der Waals surface area (Å²) in [5.74, 6) is 0. The van der Waals surface area contributed by atoms with E-state index in [1.54, 1.807) is 0 Å². The zero-order valence-corrected chi connectivity index (χ0v) is 7.07. The zero-order chi connectivity index (χ0) is 4.50. The van der Waals surface area contributed by atoms with Gasteiger partial charge in [0, 0.05) is 29.6 Å². The largest absolute Gasteiger partial charge is 0 e.